The number of nitrogens with zero attached hydrogens (tertiary/aromatic N) is 4. The van der Waals surface area contributed by atoms with Crippen molar-refractivity contribution in [3.05, 3.63) is 59.2 Å². The number of hydrogen-bond acceptors (Lipinski definition) is 7. The van der Waals surface area contributed by atoms with Crippen molar-refractivity contribution >= 4 is 44.4 Å². The molecule has 35 heavy (non-hydrogen) atoms. The van der Waals surface area contributed by atoms with E-state index in [1.807, 2.05) is 6.07 Å². The van der Waals surface area contributed by atoms with E-state index < -0.39 is 11.8 Å². The Balaban J connectivity index is 1.36. The van der Waals surface area contributed by atoms with Crippen LogP contribution in [0.25, 0.3) is 10.2 Å². The lowest BCUT2D eigenvalue weighted by atomic mass is 10.1. The van der Waals surface area contributed by atoms with Crippen molar-refractivity contribution in [2.24, 2.45) is 0 Å². The van der Waals surface area contributed by atoms with Gasteiger partial charge in [0, 0.05) is 26.2 Å². The van der Waals surface area contributed by atoms with Crippen LogP contribution in [0.15, 0.2) is 42.5 Å². The zero-order valence-corrected chi connectivity index (χ0v) is 20.6. The maximum absolute atomic E-state index is 13.5. The number of rotatable bonds is 8. The van der Waals surface area contributed by atoms with E-state index in [1.165, 1.54) is 16.9 Å². The number of carbonyl (C=O) groups is 3. The van der Waals surface area contributed by atoms with Crippen LogP contribution in [0.1, 0.15) is 39.6 Å². The standard InChI is InChI=1S/C26H28N4O4S/c1-2-18-8-9-21-22(16-18)35-26(27-21)29(11-5-10-28-12-14-34-15-13-28)23(31)17-30-24(32)19-6-3-4-7-20(19)25(30)33/h3-4,6-9,16H,2,5,10-15,17H2,1H3. The monoisotopic (exact) mass is 492 g/mol. The highest BCUT2D eigenvalue weighted by Crippen LogP contribution is 2.31. The molecule has 0 atom stereocenters. The zero-order valence-electron chi connectivity index (χ0n) is 19.7. The number of benzene rings is 2. The number of thiazole rings is 1. The van der Waals surface area contributed by atoms with E-state index in [9.17, 15) is 14.4 Å². The van der Waals surface area contributed by atoms with E-state index in [-0.39, 0.29) is 12.5 Å². The van der Waals surface area contributed by atoms with E-state index >= 15 is 0 Å². The van der Waals surface area contributed by atoms with Crippen LogP contribution in [-0.4, -0.2) is 78.4 Å². The van der Waals surface area contributed by atoms with Crippen molar-refractivity contribution in [2.45, 2.75) is 19.8 Å². The zero-order chi connectivity index (χ0) is 24.4. The SMILES string of the molecule is CCc1ccc2nc(N(CCCN3CCOCC3)C(=O)CN3C(=O)c4ccccc4C3=O)sc2c1. The number of morpholine rings is 1. The second-order valence-corrected chi connectivity index (χ2v) is 9.76. The lowest BCUT2D eigenvalue weighted by Gasteiger charge is -2.28. The molecule has 0 unspecified atom stereocenters. The van der Waals surface area contributed by atoms with Gasteiger partial charge >= 0.3 is 0 Å². The normalized spacial score (nSPS) is 16.2. The lowest BCUT2D eigenvalue weighted by Crippen LogP contribution is -2.44. The first-order valence-electron chi connectivity index (χ1n) is 12.0. The van der Waals surface area contributed by atoms with Crippen LogP contribution >= 0.6 is 11.3 Å². The number of aromatic nitrogens is 1. The quantitative estimate of drug-likeness (QED) is 0.449. The van der Waals surface area contributed by atoms with Crippen molar-refractivity contribution in [3.63, 3.8) is 0 Å². The van der Waals surface area contributed by atoms with Gasteiger partial charge in [-0.15, -0.1) is 0 Å². The predicted octanol–water partition coefficient (Wildman–Crippen LogP) is 3.21. The summed E-state index contributed by atoms with van der Waals surface area (Å²) in [5.74, 6) is -1.16. The van der Waals surface area contributed by atoms with Gasteiger partial charge in [-0.2, -0.15) is 0 Å². The number of amides is 3. The molecule has 2 aliphatic heterocycles. The molecule has 0 spiro atoms. The molecule has 182 valence electrons. The van der Waals surface area contributed by atoms with Gasteiger partial charge in [0.2, 0.25) is 5.91 Å². The van der Waals surface area contributed by atoms with Crippen LogP contribution in [0.2, 0.25) is 0 Å². The van der Waals surface area contributed by atoms with Crippen LogP contribution in [0.4, 0.5) is 5.13 Å². The maximum Gasteiger partial charge on any atom is 0.262 e. The fourth-order valence-corrected chi connectivity index (χ4v) is 5.57. The fourth-order valence-electron chi connectivity index (χ4n) is 4.50. The maximum atomic E-state index is 13.5. The molecule has 1 aromatic heterocycles. The van der Waals surface area contributed by atoms with Crippen molar-refractivity contribution in [1.29, 1.82) is 0 Å². The van der Waals surface area contributed by atoms with Gasteiger partial charge in [-0.3, -0.25) is 29.1 Å². The van der Waals surface area contributed by atoms with Gasteiger partial charge in [-0.1, -0.05) is 36.5 Å². The average molecular weight is 493 g/mol. The first kappa shape index (κ1) is 23.6. The van der Waals surface area contributed by atoms with Crippen molar-refractivity contribution in [2.75, 3.05) is 50.8 Å². The third-order valence-electron chi connectivity index (χ3n) is 6.51. The summed E-state index contributed by atoms with van der Waals surface area (Å²) >= 11 is 1.47. The largest absolute Gasteiger partial charge is 0.379 e. The number of anilines is 1. The molecule has 0 saturated carbocycles. The van der Waals surface area contributed by atoms with Gasteiger partial charge in [-0.25, -0.2) is 4.98 Å². The lowest BCUT2D eigenvalue weighted by molar-refractivity contribution is -0.119. The molecule has 0 N–H and O–H groups in total. The van der Waals surface area contributed by atoms with Crippen LogP contribution in [0.5, 0.6) is 0 Å². The summed E-state index contributed by atoms with van der Waals surface area (Å²) in [7, 11) is 0. The Morgan fingerprint density at radius 3 is 2.49 bits per heavy atom. The van der Waals surface area contributed by atoms with Gasteiger partial charge in [0.1, 0.15) is 6.54 Å². The highest BCUT2D eigenvalue weighted by atomic mass is 32.1. The summed E-state index contributed by atoms with van der Waals surface area (Å²) in [5.41, 5.74) is 2.74. The van der Waals surface area contributed by atoms with E-state index in [1.54, 1.807) is 29.2 Å². The van der Waals surface area contributed by atoms with E-state index in [0.29, 0.717) is 22.8 Å². The topological polar surface area (TPSA) is 83.1 Å². The van der Waals surface area contributed by atoms with Gasteiger partial charge in [-0.05, 0) is 42.7 Å². The Kier molecular flexibility index (Phi) is 6.90. The summed E-state index contributed by atoms with van der Waals surface area (Å²) in [6.45, 7) is 6.30. The molecule has 0 aliphatic carbocycles. The molecule has 2 aromatic carbocycles. The number of aryl methyl sites for hydroxylation is 1. The molecule has 0 bridgehead atoms. The Morgan fingerprint density at radius 2 is 1.80 bits per heavy atom. The van der Waals surface area contributed by atoms with E-state index in [0.717, 1.165) is 60.8 Å². The highest BCUT2D eigenvalue weighted by molar-refractivity contribution is 7.22. The molecular weight excluding hydrogens is 464 g/mol. The smallest absolute Gasteiger partial charge is 0.262 e. The van der Waals surface area contributed by atoms with Crippen molar-refractivity contribution < 1.29 is 19.1 Å². The second kappa shape index (κ2) is 10.2. The number of ether oxygens (including phenoxy) is 1. The summed E-state index contributed by atoms with van der Waals surface area (Å²) in [6.07, 6.45) is 1.68. The molecule has 5 rings (SSSR count). The molecule has 0 radical (unpaired) electrons. The number of carbonyl (C=O) groups excluding carboxylic acids is 3. The van der Waals surface area contributed by atoms with Gasteiger partial charge in [0.15, 0.2) is 5.13 Å². The van der Waals surface area contributed by atoms with E-state index in [4.69, 9.17) is 9.72 Å². The van der Waals surface area contributed by atoms with Gasteiger partial charge in [0.05, 0.1) is 34.6 Å². The first-order valence-corrected chi connectivity index (χ1v) is 12.8. The molecular formula is C26H28N4O4S. The Labute approximate surface area is 208 Å². The molecule has 1 saturated heterocycles. The molecule has 1 fully saturated rings. The fraction of sp³-hybridized carbons (Fsp3) is 0.385. The average Bonchev–Trinajstić information content (AvgIpc) is 3.41. The highest BCUT2D eigenvalue weighted by Gasteiger charge is 2.37. The Bertz CT molecular complexity index is 1230. The molecule has 8 nitrogen and oxygen atoms in total. The van der Waals surface area contributed by atoms with Gasteiger partial charge in [0.25, 0.3) is 11.8 Å². The Morgan fingerprint density at radius 1 is 1.09 bits per heavy atom. The molecule has 3 aromatic rings. The minimum absolute atomic E-state index is 0.306. The van der Waals surface area contributed by atoms with Crippen LogP contribution in [0, 0.1) is 0 Å². The number of fused-ring (bicyclic) bond motifs is 2. The minimum atomic E-state index is -0.427. The third kappa shape index (κ3) is 4.84. The summed E-state index contributed by atoms with van der Waals surface area (Å²) in [4.78, 5) is 48.9. The number of imide groups is 1. The van der Waals surface area contributed by atoms with Crippen LogP contribution < -0.4 is 4.90 Å². The Hall–Kier alpha value is -3.14. The van der Waals surface area contributed by atoms with Crippen LogP contribution in [-0.2, 0) is 16.0 Å². The first-order chi connectivity index (χ1) is 17.0. The summed E-state index contributed by atoms with van der Waals surface area (Å²) < 4.78 is 6.44. The third-order valence-corrected chi connectivity index (χ3v) is 7.55. The molecule has 2 aliphatic rings. The molecule has 3 amide bonds. The van der Waals surface area contributed by atoms with Crippen LogP contribution in [0.3, 0.4) is 0 Å². The van der Waals surface area contributed by atoms with E-state index in [2.05, 4.69) is 24.0 Å². The minimum Gasteiger partial charge on any atom is -0.379 e. The molecule has 3 heterocycles. The summed E-state index contributed by atoms with van der Waals surface area (Å²) in [5, 5.41) is 0.594. The van der Waals surface area contributed by atoms with Crippen molar-refractivity contribution in [1.82, 2.24) is 14.8 Å². The summed E-state index contributed by atoms with van der Waals surface area (Å²) in [6, 6.07) is 12.8. The molecule has 9 heteroatoms. The van der Waals surface area contributed by atoms with Gasteiger partial charge < -0.3 is 4.74 Å². The number of hydrogen-bond donors (Lipinski definition) is 0. The predicted molar refractivity (Wildman–Crippen MR) is 135 cm³/mol. The van der Waals surface area contributed by atoms with Crippen molar-refractivity contribution in [3.8, 4) is 0 Å². The second-order valence-electron chi connectivity index (χ2n) is 8.75.